The first-order chi connectivity index (χ1) is 19.3. The summed E-state index contributed by atoms with van der Waals surface area (Å²) in [7, 11) is 0. The number of carbonyl (C=O) groups is 1. The van der Waals surface area contributed by atoms with Gasteiger partial charge in [-0.05, 0) is 62.8 Å². The monoisotopic (exact) mass is 569 g/mol. The second-order valence-electron chi connectivity index (χ2n) is 10.9. The molecule has 3 atom stereocenters. The van der Waals surface area contributed by atoms with Gasteiger partial charge in [0.15, 0.2) is 5.13 Å². The Labute approximate surface area is 231 Å². The van der Waals surface area contributed by atoms with E-state index in [9.17, 15) is 23.1 Å². The van der Waals surface area contributed by atoms with E-state index >= 15 is 0 Å². The minimum absolute atomic E-state index is 0.0148. The predicted octanol–water partition coefficient (Wildman–Crippen LogP) is 7.26. The van der Waals surface area contributed by atoms with E-state index in [-0.39, 0.29) is 47.5 Å². The molecular formula is C29H26F3N3O4S. The fourth-order valence-electron chi connectivity index (χ4n) is 6.21. The average Bonchev–Trinajstić information content (AvgIpc) is 3.44. The summed E-state index contributed by atoms with van der Waals surface area (Å²) in [5.41, 5.74) is 1.15. The molecule has 0 spiro atoms. The molecule has 0 amide bonds. The maximum absolute atomic E-state index is 13.8. The zero-order valence-corrected chi connectivity index (χ0v) is 22.2. The molecule has 40 heavy (non-hydrogen) atoms. The number of benzene rings is 2. The molecule has 1 N–H and O–H groups in total. The van der Waals surface area contributed by atoms with Gasteiger partial charge in [0.2, 0.25) is 0 Å². The molecule has 1 saturated carbocycles. The third-order valence-electron chi connectivity index (χ3n) is 8.25. The van der Waals surface area contributed by atoms with E-state index in [1.165, 1.54) is 23.5 Å². The smallest absolute Gasteiger partial charge is 0.417 e. The van der Waals surface area contributed by atoms with Crippen LogP contribution in [0.3, 0.4) is 0 Å². The lowest BCUT2D eigenvalue weighted by atomic mass is 9.98. The van der Waals surface area contributed by atoms with Gasteiger partial charge in [0, 0.05) is 29.1 Å². The topological polar surface area (TPSA) is 88.7 Å². The summed E-state index contributed by atoms with van der Waals surface area (Å²) in [6, 6.07) is 10.9. The Balaban J connectivity index is 1.10. The second kappa shape index (κ2) is 9.59. The van der Waals surface area contributed by atoms with Gasteiger partial charge in [0.1, 0.15) is 11.5 Å². The number of ether oxygens (including phenoxy) is 1. The number of thiazole rings is 1. The summed E-state index contributed by atoms with van der Waals surface area (Å²) in [5, 5.41) is 14.3. The standard InChI is InChI=1S/C29H26F3N3O4S/c30-29(31,32)22-4-2-1-3-20(22)25-21(26(39-34-25)15-5-6-15)14-38-19-12-17-8-9-18(13-19)35(17)28-33-23-10-7-16(27(36)37)11-24(23)40-28/h1-4,7,10-11,15,17-19H,5-6,8-9,12-14H2,(H,36,37)/t17-,18+,19-. The van der Waals surface area contributed by atoms with Gasteiger partial charge in [-0.3, -0.25) is 0 Å². The van der Waals surface area contributed by atoms with Crippen LogP contribution in [0.2, 0.25) is 0 Å². The van der Waals surface area contributed by atoms with Crippen LogP contribution >= 0.6 is 11.3 Å². The quantitative estimate of drug-likeness (QED) is 0.251. The number of nitrogens with zero attached hydrogens (tertiary/aromatic N) is 3. The van der Waals surface area contributed by atoms with Crippen LogP contribution in [0, 0.1) is 0 Å². The van der Waals surface area contributed by atoms with Crippen molar-refractivity contribution in [3.05, 3.63) is 64.9 Å². The van der Waals surface area contributed by atoms with Gasteiger partial charge in [-0.25, -0.2) is 9.78 Å². The number of anilines is 1. The van der Waals surface area contributed by atoms with Crippen LogP contribution in [0.1, 0.15) is 71.7 Å². The molecule has 3 aliphatic rings. The summed E-state index contributed by atoms with van der Waals surface area (Å²) in [6.45, 7) is 0.153. The van der Waals surface area contributed by atoms with E-state index in [1.54, 1.807) is 24.3 Å². The minimum atomic E-state index is -4.50. The normalized spacial score (nSPS) is 22.8. The number of alkyl halides is 3. The Kier molecular flexibility index (Phi) is 6.12. The number of carboxylic acids is 1. The Morgan fingerprint density at radius 1 is 1.10 bits per heavy atom. The van der Waals surface area contributed by atoms with Crippen molar-refractivity contribution in [2.75, 3.05) is 4.90 Å². The van der Waals surface area contributed by atoms with E-state index in [0.29, 0.717) is 11.3 Å². The third kappa shape index (κ3) is 4.54. The molecule has 0 radical (unpaired) electrons. The van der Waals surface area contributed by atoms with Crippen LogP contribution in [-0.4, -0.2) is 39.4 Å². The predicted molar refractivity (Wildman–Crippen MR) is 143 cm³/mol. The molecule has 0 unspecified atom stereocenters. The number of piperidine rings is 1. The summed E-state index contributed by atoms with van der Waals surface area (Å²) in [4.78, 5) is 18.5. The lowest BCUT2D eigenvalue weighted by Gasteiger charge is -2.38. The number of aromatic carboxylic acids is 1. The first-order valence-electron chi connectivity index (χ1n) is 13.4. The maximum Gasteiger partial charge on any atom is 0.417 e. The lowest BCUT2D eigenvalue weighted by Crippen LogP contribution is -2.45. The lowest BCUT2D eigenvalue weighted by molar-refractivity contribution is -0.137. The number of hydrogen-bond acceptors (Lipinski definition) is 7. The summed E-state index contributed by atoms with van der Waals surface area (Å²) < 4.78 is 54.2. The highest BCUT2D eigenvalue weighted by Gasteiger charge is 2.43. The molecule has 2 bridgehead atoms. The highest BCUT2D eigenvalue weighted by atomic mass is 32.1. The van der Waals surface area contributed by atoms with Crippen molar-refractivity contribution >= 4 is 32.7 Å². The molecular weight excluding hydrogens is 543 g/mol. The Bertz CT molecular complexity index is 1580. The Morgan fingerprint density at radius 3 is 2.55 bits per heavy atom. The number of hydrogen-bond donors (Lipinski definition) is 1. The molecule has 2 aromatic heterocycles. The SMILES string of the molecule is O=C(O)c1ccc2nc(N3[C@@H]4CC[C@H]3C[C@H](OCc3c(-c5ccccc5C(F)(F)F)noc3C3CC3)C4)sc2c1. The van der Waals surface area contributed by atoms with Crippen LogP contribution in [0.25, 0.3) is 21.5 Å². The van der Waals surface area contributed by atoms with Crippen molar-refractivity contribution < 1.29 is 32.3 Å². The Hall–Kier alpha value is -3.44. The second-order valence-corrected chi connectivity index (χ2v) is 11.9. The largest absolute Gasteiger partial charge is 0.478 e. The van der Waals surface area contributed by atoms with Crippen LogP contribution in [0.15, 0.2) is 47.0 Å². The molecule has 2 saturated heterocycles. The molecule has 208 valence electrons. The Morgan fingerprint density at radius 2 is 1.85 bits per heavy atom. The number of halogens is 3. The van der Waals surface area contributed by atoms with E-state index in [2.05, 4.69) is 10.1 Å². The first-order valence-corrected chi connectivity index (χ1v) is 14.3. The van der Waals surface area contributed by atoms with Gasteiger partial charge in [-0.1, -0.05) is 34.7 Å². The van der Waals surface area contributed by atoms with Crippen LogP contribution in [-0.2, 0) is 17.5 Å². The number of fused-ring (bicyclic) bond motifs is 3. The molecule has 2 aromatic carbocycles. The molecule has 4 heterocycles. The molecule has 11 heteroatoms. The van der Waals surface area contributed by atoms with Gasteiger partial charge in [0.25, 0.3) is 0 Å². The van der Waals surface area contributed by atoms with Gasteiger partial charge >= 0.3 is 12.1 Å². The zero-order chi connectivity index (χ0) is 27.6. The zero-order valence-electron chi connectivity index (χ0n) is 21.4. The number of carboxylic acid groups (broad SMARTS) is 1. The fourth-order valence-corrected chi connectivity index (χ4v) is 7.36. The highest BCUT2D eigenvalue weighted by Crippen LogP contribution is 2.47. The third-order valence-corrected chi connectivity index (χ3v) is 9.28. The van der Waals surface area contributed by atoms with E-state index < -0.39 is 17.7 Å². The molecule has 1 aliphatic carbocycles. The first kappa shape index (κ1) is 25.5. The fraction of sp³-hybridized carbons (Fsp3) is 0.414. The molecule has 7 rings (SSSR count). The van der Waals surface area contributed by atoms with Crippen LogP contribution < -0.4 is 4.90 Å². The van der Waals surface area contributed by atoms with Crippen molar-refractivity contribution in [1.29, 1.82) is 0 Å². The molecule has 4 aromatic rings. The van der Waals surface area contributed by atoms with Gasteiger partial charge < -0.3 is 19.3 Å². The van der Waals surface area contributed by atoms with Crippen molar-refractivity contribution in [3.63, 3.8) is 0 Å². The van der Waals surface area contributed by atoms with Crippen molar-refractivity contribution in [3.8, 4) is 11.3 Å². The summed E-state index contributed by atoms with van der Waals surface area (Å²) in [6.07, 6.45) is 0.889. The van der Waals surface area contributed by atoms with Crippen molar-refractivity contribution in [2.24, 2.45) is 0 Å². The van der Waals surface area contributed by atoms with Gasteiger partial charge in [0.05, 0.1) is 34.1 Å². The van der Waals surface area contributed by atoms with Gasteiger partial charge in [-0.15, -0.1) is 0 Å². The maximum atomic E-state index is 13.8. The average molecular weight is 570 g/mol. The van der Waals surface area contributed by atoms with Crippen LogP contribution in [0.4, 0.5) is 18.3 Å². The molecule has 7 nitrogen and oxygen atoms in total. The highest BCUT2D eigenvalue weighted by molar-refractivity contribution is 7.22. The van der Waals surface area contributed by atoms with Gasteiger partial charge in [-0.2, -0.15) is 13.2 Å². The summed E-state index contributed by atoms with van der Waals surface area (Å²) in [5.74, 6) is -0.142. The van der Waals surface area contributed by atoms with E-state index in [0.717, 1.165) is 59.9 Å². The number of aromatic nitrogens is 2. The molecule has 3 fully saturated rings. The van der Waals surface area contributed by atoms with E-state index in [1.807, 2.05) is 0 Å². The van der Waals surface area contributed by atoms with Crippen molar-refractivity contribution in [1.82, 2.24) is 10.1 Å². The van der Waals surface area contributed by atoms with Crippen molar-refractivity contribution in [2.45, 2.75) is 75.4 Å². The van der Waals surface area contributed by atoms with E-state index in [4.69, 9.17) is 14.2 Å². The summed E-state index contributed by atoms with van der Waals surface area (Å²) >= 11 is 1.51. The minimum Gasteiger partial charge on any atom is -0.478 e. The van der Waals surface area contributed by atoms with Crippen LogP contribution in [0.5, 0.6) is 0 Å². The number of rotatable bonds is 7. The molecule has 2 aliphatic heterocycles.